The molecule has 1 N–H and O–H groups in total. The molecule has 1 aromatic rings. The topological polar surface area (TPSA) is 84.9 Å². The van der Waals surface area contributed by atoms with Gasteiger partial charge >= 0.3 is 5.97 Å². The Kier molecular flexibility index (Phi) is 7.20. The molecule has 0 saturated carbocycles. The lowest BCUT2D eigenvalue weighted by molar-refractivity contribution is -0.134. The summed E-state index contributed by atoms with van der Waals surface area (Å²) in [6.45, 7) is 3.25. The Bertz CT molecular complexity index is 669. The largest absolute Gasteiger partial charge is 0.494 e. The van der Waals surface area contributed by atoms with E-state index < -0.39 is 5.97 Å². The number of amides is 2. The van der Waals surface area contributed by atoms with Crippen molar-refractivity contribution < 1.29 is 23.9 Å². The third-order valence-corrected chi connectivity index (χ3v) is 4.02. The zero-order valence-corrected chi connectivity index (χ0v) is 15.1. The van der Waals surface area contributed by atoms with Crippen LogP contribution in [0.25, 0.3) is 0 Å². The van der Waals surface area contributed by atoms with Crippen LogP contribution in [0, 0.1) is 5.92 Å². The zero-order chi connectivity index (χ0) is 18.9. The van der Waals surface area contributed by atoms with Crippen molar-refractivity contribution in [1.82, 2.24) is 5.32 Å². The molecule has 0 aliphatic carbocycles. The van der Waals surface area contributed by atoms with Crippen molar-refractivity contribution in [3.63, 3.8) is 0 Å². The number of esters is 1. The van der Waals surface area contributed by atoms with Gasteiger partial charge in [0.1, 0.15) is 5.75 Å². The van der Waals surface area contributed by atoms with Gasteiger partial charge in [0.05, 0.1) is 19.6 Å². The number of nitrogens with one attached hydrogen (secondary N) is 1. The number of carbonyl (C=O) groups excluding carboxylic acids is 3. The van der Waals surface area contributed by atoms with E-state index in [1.807, 2.05) is 31.2 Å². The molecule has 140 valence electrons. The van der Waals surface area contributed by atoms with Crippen LogP contribution in [0.5, 0.6) is 5.75 Å². The number of anilines is 1. The molecule has 0 radical (unpaired) electrons. The molecular weight excluding hydrogens is 336 g/mol. The van der Waals surface area contributed by atoms with Crippen LogP contribution in [-0.4, -0.2) is 44.6 Å². The number of ether oxygens (including phenoxy) is 2. The molecule has 1 saturated heterocycles. The van der Waals surface area contributed by atoms with Crippen LogP contribution in [0.3, 0.4) is 0 Å². The summed E-state index contributed by atoms with van der Waals surface area (Å²) < 4.78 is 9.88. The summed E-state index contributed by atoms with van der Waals surface area (Å²) >= 11 is 0. The van der Waals surface area contributed by atoms with Gasteiger partial charge in [0.15, 0.2) is 0 Å². The maximum atomic E-state index is 12.2. The van der Waals surface area contributed by atoms with Crippen molar-refractivity contribution in [2.24, 2.45) is 5.92 Å². The highest BCUT2D eigenvalue weighted by atomic mass is 16.5. The van der Waals surface area contributed by atoms with E-state index in [-0.39, 0.29) is 24.2 Å². The molecule has 1 aromatic carbocycles. The summed E-state index contributed by atoms with van der Waals surface area (Å²) in [5, 5.41) is 2.79. The zero-order valence-electron chi connectivity index (χ0n) is 15.1. The average Bonchev–Trinajstić information content (AvgIpc) is 3.04. The summed E-state index contributed by atoms with van der Waals surface area (Å²) in [4.78, 5) is 37.0. The Labute approximate surface area is 153 Å². The van der Waals surface area contributed by atoms with Gasteiger partial charge in [-0.2, -0.15) is 0 Å². The maximum Gasteiger partial charge on any atom is 0.330 e. The quantitative estimate of drug-likeness (QED) is 0.433. The van der Waals surface area contributed by atoms with Gasteiger partial charge in [-0.15, -0.1) is 0 Å². The third-order valence-electron chi connectivity index (χ3n) is 4.02. The molecule has 7 heteroatoms. The minimum absolute atomic E-state index is 0.0695. The predicted molar refractivity (Wildman–Crippen MR) is 96.9 cm³/mol. The van der Waals surface area contributed by atoms with E-state index in [1.165, 1.54) is 13.2 Å². The number of hydrogen-bond donors (Lipinski definition) is 1. The highest BCUT2D eigenvalue weighted by molar-refractivity contribution is 6.00. The van der Waals surface area contributed by atoms with E-state index >= 15 is 0 Å². The van der Waals surface area contributed by atoms with Crippen LogP contribution in [-0.2, 0) is 19.1 Å². The van der Waals surface area contributed by atoms with E-state index in [1.54, 1.807) is 11.0 Å². The minimum atomic E-state index is -0.427. The lowest BCUT2D eigenvalue weighted by Crippen LogP contribution is -2.33. The number of benzene rings is 1. The maximum absolute atomic E-state index is 12.2. The van der Waals surface area contributed by atoms with E-state index in [2.05, 4.69) is 10.1 Å². The van der Waals surface area contributed by atoms with E-state index in [0.717, 1.165) is 11.4 Å². The first-order valence-electron chi connectivity index (χ1n) is 8.60. The molecule has 2 amide bonds. The minimum Gasteiger partial charge on any atom is -0.494 e. The Hall–Kier alpha value is -2.83. The highest BCUT2D eigenvalue weighted by Crippen LogP contribution is 2.27. The van der Waals surface area contributed by atoms with Gasteiger partial charge < -0.3 is 19.7 Å². The molecule has 1 unspecified atom stereocenters. The molecule has 1 aliphatic rings. The molecule has 2 rings (SSSR count). The number of hydrogen-bond acceptors (Lipinski definition) is 5. The molecule has 1 heterocycles. The molecule has 0 spiro atoms. The number of rotatable bonds is 8. The smallest absolute Gasteiger partial charge is 0.330 e. The van der Waals surface area contributed by atoms with Crippen molar-refractivity contribution >= 4 is 23.5 Å². The fraction of sp³-hybridized carbons (Fsp3) is 0.421. The second kappa shape index (κ2) is 9.60. The lowest BCUT2D eigenvalue weighted by atomic mass is 10.1. The second-order valence-corrected chi connectivity index (χ2v) is 5.84. The summed E-state index contributed by atoms with van der Waals surface area (Å²) in [5.74, 6) is -0.280. The molecule has 1 aliphatic heterocycles. The third kappa shape index (κ3) is 5.34. The number of methoxy groups -OCH3 is 1. The molecule has 0 bridgehead atoms. The average molecular weight is 360 g/mol. The normalized spacial score (nSPS) is 16.8. The van der Waals surface area contributed by atoms with Crippen molar-refractivity contribution in [3.05, 3.63) is 36.4 Å². The SMILES string of the molecule is CCOc1ccc(N2CC(C(=O)NCC/C=C/C(=O)OC)CC2=O)cc1. The van der Waals surface area contributed by atoms with E-state index in [0.29, 0.717) is 26.1 Å². The lowest BCUT2D eigenvalue weighted by Gasteiger charge is -2.17. The standard InChI is InChI=1S/C19H24N2O5/c1-3-26-16-9-7-15(8-10-16)21-13-14(12-17(21)22)19(24)20-11-5-4-6-18(23)25-2/h4,6-10,14H,3,5,11-13H2,1-2H3,(H,20,24)/b6-4+. The number of nitrogens with zero attached hydrogens (tertiary/aromatic N) is 1. The van der Waals surface area contributed by atoms with Crippen molar-refractivity contribution in [3.8, 4) is 5.75 Å². The van der Waals surface area contributed by atoms with Crippen LogP contribution in [0.4, 0.5) is 5.69 Å². The van der Waals surface area contributed by atoms with Gasteiger partial charge in [0.2, 0.25) is 11.8 Å². The Balaban J connectivity index is 1.83. The first-order valence-corrected chi connectivity index (χ1v) is 8.60. The van der Waals surface area contributed by atoms with Gasteiger partial charge in [-0.3, -0.25) is 9.59 Å². The summed E-state index contributed by atoms with van der Waals surface area (Å²) in [6.07, 6.45) is 3.66. The van der Waals surface area contributed by atoms with Crippen molar-refractivity contribution in [1.29, 1.82) is 0 Å². The summed E-state index contributed by atoms with van der Waals surface area (Å²) in [6, 6.07) is 7.27. The molecular formula is C19H24N2O5. The first kappa shape index (κ1) is 19.5. The predicted octanol–water partition coefficient (Wildman–Crippen LogP) is 1.67. The van der Waals surface area contributed by atoms with Crippen LogP contribution < -0.4 is 15.0 Å². The Morgan fingerprint density at radius 2 is 2.04 bits per heavy atom. The van der Waals surface area contributed by atoms with Gasteiger partial charge in [-0.05, 0) is 37.6 Å². The van der Waals surface area contributed by atoms with Crippen LogP contribution >= 0.6 is 0 Å². The molecule has 26 heavy (non-hydrogen) atoms. The van der Waals surface area contributed by atoms with Crippen LogP contribution in [0.15, 0.2) is 36.4 Å². The van der Waals surface area contributed by atoms with Crippen LogP contribution in [0.1, 0.15) is 19.8 Å². The first-order chi connectivity index (χ1) is 12.5. The Morgan fingerprint density at radius 3 is 2.69 bits per heavy atom. The summed E-state index contributed by atoms with van der Waals surface area (Å²) in [5.41, 5.74) is 0.759. The Morgan fingerprint density at radius 1 is 1.31 bits per heavy atom. The molecule has 1 atom stereocenters. The number of carbonyl (C=O) groups is 3. The second-order valence-electron chi connectivity index (χ2n) is 5.84. The highest BCUT2D eigenvalue weighted by Gasteiger charge is 2.34. The molecule has 0 aromatic heterocycles. The fourth-order valence-corrected chi connectivity index (χ4v) is 2.69. The monoisotopic (exact) mass is 360 g/mol. The van der Waals surface area contributed by atoms with Crippen molar-refractivity contribution in [2.75, 3.05) is 31.7 Å². The summed E-state index contributed by atoms with van der Waals surface area (Å²) in [7, 11) is 1.31. The van der Waals surface area contributed by atoms with Gasteiger partial charge in [0.25, 0.3) is 0 Å². The van der Waals surface area contributed by atoms with Gasteiger partial charge in [-0.25, -0.2) is 4.79 Å². The van der Waals surface area contributed by atoms with Gasteiger partial charge in [-0.1, -0.05) is 6.08 Å². The molecule has 1 fully saturated rings. The van der Waals surface area contributed by atoms with E-state index in [9.17, 15) is 14.4 Å². The van der Waals surface area contributed by atoms with E-state index in [4.69, 9.17) is 4.74 Å². The fourth-order valence-electron chi connectivity index (χ4n) is 2.69. The van der Waals surface area contributed by atoms with Gasteiger partial charge in [0, 0.05) is 31.3 Å². The van der Waals surface area contributed by atoms with Crippen molar-refractivity contribution in [2.45, 2.75) is 19.8 Å². The molecule has 7 nitrogen and oxygen atoms in total. The van der Waals surface area contributed by atoms with Crippen LogP contribution in [0.2, 0.25) is 0 Å².